The summed E-state index contributed by atoms with van der Waals surface area (Å²) in [5.74, 6) is 0. The van der Waals surface area contributed by atoms with Crippen LogP contribution in [0.1, 0.15) is 25.1 Å². The van der Waals surface area contributed by atoms with Crippen LogP contribution in [0.2, 0.25) is 0 Å². The van der Waals surface area contributed by atoms with Gasteiger partial charge >= 0.3 is 0 Å². The van der Waals surface area contributed by atoms with Crippen molar-refractivity contribution in [1.82, 2.24) is 9.88 Å². The first kappa shape index (κ1) is 13.6. The molecular formula is C13H19N3O. The number of hydrogen-bond acceptors (Lipinski definition) is 4. The lowest BCUT2D eigenvalue weighted by Gasteiger charge is -2.26. The molecule has 4 heteroatoms. The van der Waals surface area contributed by atoms with Crippen molar-refractivity contribution in [1.29, 1.82) is 5.26 Å². The minimum absolute atomic E-state index is 0.448. The van der Waals surface area contributed by atoms with E-state index in [0.29, 0.717) is 18.3 Å². The van der Waals surface area contributed by atoms with Gasteiger partial charge in [-0.05, 0) is 31.5 Å². The van der Waals surface area contributed by atoms with Gasteiger partial charge in [0.15, 0.2) is 0 Å². The molecule has 0 spiro atoms. The molecule has 0 aromatic carbocycles. The first-order valence-electron chi connectivity index (χ1n) is 5.75. The summed E-state index contributed by atoms with van der Waals surface area (Å²) in [5, 5.41) is 8.80. The van der Waals surface area contributed by atoms with Crippen molar-refractivity contribution >= 4 is 0 Å². The van der Waals surface area contributed by atoms with Gasteiger partial charge in [-0.2, -0.15) is 5.26 Å². The second-order valence-corrected chi connectivity index (χ2v) is 4.22. The van der Waals surface area contributed by atoms with Crippen LogP contribution in [0.4, 0.5) is 0 Å². The third kappa shape index (κ3) is 4.51. The Balaban J connectivity index is 2.68. The molecule has 1 aromatic heterocycles. The normalized spacial score (nSPS) is 10.8. The highest BCUT2D eigenvalue weighted by Gasteiger charge is 2.10. The van der Waals surface area contributed by atoms with Gasteiger partial charge in [-0.1, -0.05) is 0 Å². The van der Waals surface area contributed by atoms with Gasteiger partial charge in [-0.15, -0.1) is 0 Å². The van der Waals surface area contributed by atoms with Crippen molar-refractivity contribution < 1.29 is 4.74 Å². The lowest BCUT2D eigenvalue weighted by molar-refractivity contribution is 0.125. The third-order valence-corrected chi connectivity index (χ3v) is 2.64. The Morgan fingerprint density at radius 2 is 2.29 bits per heavy atom. The number of aromatic nitrogens is 1. The lowest BCUT2D eigenvalue weighted by Crippen LogP contribution is -2.33. The molecule has 0 saturated carbocycles. The molecule has 0 unspecified atom stereocenters. The maximum absolute atomic E-state index is 8.80. The molecule has 17 heavy (non-hydrogen) atoms. The van der Waals surface area contributed by atoms with Gasteiger partial charge in [0.1, 0.15) is 11.8 Å². The van der Waals surface area contributed by atoms with E-state index in [1.165, 1.54) is 0 Å². The number of pyridine rings is 1. The summed E-state index contributed by atoms with van der Waals surface area (Å²) in [6.45, 7) is 6.73. The molecule has 0 aliphatic heterocycles. The maximum atomic E-state index is 8.80. The Bertz CT molecular complexity index is 384. The van der Waals surface area contributed by atoms with Crippen molar-refractivity contribution in [3.05, 3.63) is 29.6 Å². The maximum Gasteiger partial charge on any atom is 0.140 e. The van der Waals surface area contributed by atoms with Crippen LogP contribution in [0.5, 0.6) is 0 Å². The summed E-state index contributed by atoms with van der Waals surface area (Å²) in [6.07, 6.45) is 1.68. The first-order valence-corrected chi connectivity index (χ1v) is 5.75. The number of nitrogens with zero attached hydrogens (tertiary/aromatic N) is 3. The minimum atomic E-state index is 0.448. The Morgan fingerprint density at radius 3 is 2.88 bits per heavy atom. The molecule has 0 amide bonds. The fourth-order valence-electron chi connectivity index (χ4n) is 1.60. The van der Waals surface area contributed by atoms with Crippen molar-refractivity contribution in [3.8, 4) is 6.07 Å². The molecule has 4 nitrogen and oxygen atoms in total. The quantitative estimate of drug-likeness (QED) is 0.752. The SMILES string of the molecule is COCCN(Cc1ccnc(C#N)c1)C(C)C. The Labute approximate surface area is 103 Å². The van der Waals surface area contributed by atoms with E-state index in [4.69, 9.17) is 10.00 Å². The minimum Gasteiger partial charge on any atom is -0.383 e. The number of ether oxygens (including phenoxy) is 1. The third-order valence-electron chi connectivity index (χ3n) is 2.64. The van der Waals surface area contributed by atoms with Gasteiger partial charge in [-0.25, -0.2) is 4.98 Å². The lowest BCUT2D eigenvalue weighted by atomic mass is 10.2. The van der Waals surface area contributed by atoms with Crippen LogP contribution in [0.3, 0.4) is 0 Å². The highest BCUT2D eigenvalue weighted by molar-refractivity contribution is 5.25. The zero-order valence-corrected chi connectivity index (χ0v) is 10.7. The molecule has 0 fully saturated rings. The van der Waals surface area contributed by atoms with Crippen molar-refractivity contribution in [2.75, 3.05) is 20.3 Å². The summed E-state index contributed by atoms with van der Waals surface area (Å²) < 4.78 is 5.10. The highest BCUT2D eigenvalue weighted by atomic mass is 16.5. The molecule has 0 aliphatic rings. The van der Waals surface area contributed by atoms with E-state index < -0.39 is 0 Å². The second-order valence-electron chi connectivity index (χ2n) is 4.22. The zero-order valence-electron chi connectivity index (χ0n) is 10.7. The molecule has 0 atom stereocenters. The largest absolute Gasteiger partial charge is 0.383 e. The van der Waals surface area contributed by atoms with E-state index in [-0.39, 0.29) is 0 Å². The molecule has 1 rings (SSSR count). The fraction of sp³-hybridized carbons (Fsp3) is 0.538. The van der Waals surface area contributed by atoms with E-state index in [1.54, 1.807) is 13.3 Å². The Hall–Kier alpha value is -1.44. The highest BCUT2D eigenvalue weighted by Crippen LogP contribution is 2.08. The van der Waals surface area contributed by atoms with E-state index >= 15 is 0 Å². The van der Waals surface area contributed by atoms with Gasteiger partial charge in [0, 0.05) is 32.4 Å². The van der Waals surface area contributed by atoms with Gasteiger partial charge in [0.05, 0.1) is 6.61 Å². The fourth-order valence-corrected chi connectivity index (χ4v) is 1.60. The van der Waals surface area contributed by atoms with E-state index in [0.717, 1.165) is 18.7 Å². The number of rotatable bonds is 6. The summed E-state index contributed by atoms with van der Waals surface area (Å²) >= 11 is 0. The average Bonchev–Trinajstić information content (AvgIpc) is 2.34. The van der Waals surface area contributed by atoms with Gasteiger partial charge in [0.25, 0.3) is 0 Å². The van der Waals surface area contributed by atoms with E-state index in [9.17, 15) is 0 Å². The standard InChI is InChI=1S/C13H19N3O/c1-11(2)16(6-7-17-3)10-12-4-5-15-13(8-12)9-14/h4-5,8,11H,6-7,10H2,1-3H3. The Kier molecular flexibility index (Phi) is 5.61. The molecule has 92 valence electrons. The van der Waals surface area contributed by atoms with Crippen LogP contribution in [-0.2, 0) is 11.3 Å². The van der Waals surface area contributed by atoms with Crippen molar-refractivity contribution in [2.45, 2.75) is 26.4 Å². The molecule has 0 saturated heterocycles. The van der Waals surface area contributed by atoms with Gasteiger partial charge in [0.2, 0.25) is 0 Å². The van der Waals surface area contributed by atoms with Crippen molar-refractivity contribution in [3.63, 3.8) is 0 Å². The molecule has 0 N–H and O–H groups in total. The smallest absolute Gasteiger partial charge is 0.140 e. The van der Waals surface area contributed by atoms with Crippen molar-refractivity contribution in [2.24, 2.45) is 0 Å². The molecule has 0 radical (unpaired) electrons. The summed E-state index contributed by atoms with van der Waals surface area (Å²) in [4.78, 5) is 6.27. The zero-order chi connectivity index (χ0) is 12.7. The number of hydrogen-bond donors (Lipinski definition) is 0. The molecule has 0 aliphatic carbocycles. The number of nitriles is 1. The summed E-state index contributed by atoms with van der Waals surface area (Å²) in [7, 11) is 1.71. The predicted octanol–water partition coefficient (Wildman–Crippen LogP) is 1.81. The average molecular weight is 233 g/mol. The van der Waals surface area contributed by atoms with Crippen LogP contribution in [-0.4, -0.2) is 36.2 Å². The summed E-state index contributed by atoms with van der Waals surface area (Å²) in [5.41, 5.74) is 1.58. The Morgan fingerprint density at radius 1 is 1.53 bits per heavy atom. The van der Waals surface area contributed by atoms with E-state index in [1.807, 2.05) is 12.1 Å². The van der Waals surface area contributed by atoms with Crippen LogP contribution < -0.4 is 0 Å². The number of methoxy groups -OCH3 is 1. The monoisotopic (exact) mass is 233 g/mol. The summed E-state index contributed by atoms with van der Waals surface area (Å²) in [6, 6.07) is 6.29. The van der Waals surface area contributed by atoms with Crippen LogP contribution in [0, 0.1) is 11.3 Å². The molecular weight excluding hydrogens is 214 g/mol. The van der Waals surface area contributed by atoms with Gasteiger partial charge < -0.3 is 4.74 Å². The van der Waals surface area contributed by atoms with Crippen LogP contribution in [0.15, 0.2) is 18.3 Å². The first-order chi connectivity index (χ1) is 8.17. The molecule has 0 bridgehead atoms. The second kappa shape index (κ2) is 7.00. The molecule has 1 aromatic rings. The molecule has 1 heterocycles. The topological polar surface area (TPSA) is 49.1 Å². The predicted molar refractivity (Wildman–Crippen MR) is 66.4 cm³/mol. The van der Waals surface area contributed by atoms with Crippen LogP contribution in [0.25, 0.3) is 0 Å². The van der Waals surface area contributed by atoms with Crippen LogP contribution >= 0.6 is 0 Å². The van der Waals surface area contributed by atoms with E-state index in [2.05, 4.69) is 29.8 Å². The van der Waals surface area contributed by atoms with Gasteiger partial charge in [-0.3, -0.25) is 4.90 Å².